The number of aliphatic carboxylic acids is 1. The summed E-state index contributed by atoms with van der Waals surface area (Å²) in [6.07, 6.45) is 0.504. The van der Waals surface area contributed by atoms with Gasteiger partial charge in [0.05, 0.1) is 6.42 Å². The lowest BCUT2D eigenvalue weighted by Crippen LogP contribution is -2.46. The van der Waals surface area contributed by atoms with Crippen LogP contribution in [0.15, 0.2) is 0 Å². The van der Waals surface area contributed by atoms with E-state index in [9.17, 15) is 9.59 Å². The standard InChI is InChI=1S/C12H21NO3S/c1-12(2,3)9(5-11(15)16)13-6-8(7-17)4-10(13)14/h8-9,17H,4-7H2,1-3H3,(H,15,16). The molecule has 0 aromatic carbocycles. The normalized spacial score (nSPS) is 22.9. The summed E-state index contributed by atoms with van der Waals surface area (Å²) in [6.45, 7) is 6.56. The van der Waals surface area contributed by atoms with Gasteiger partial charge in [0, 0.05) is 19.0 Å². The smallest absolute Gasteiger partial charge is 0.305 e. The minimum Gasteiger partial charge on any atom is -0.481 e. The van der Waals surface area contributed by atoms with E-state index < -0.39 is 5.97 Å². The van der Waals surface area contributed by atoms with E-state index >= 15 is 0 Å². The van der Waals surface area contributed by atoms with Crippen molar-refractivity contribution in [2.45, 2.75) is 39.7 Å². The third-order valence-electron chi connectivity index (χ3n) is 3.24. The molecule has 2 atom stereocenters. The molecule has 0 aromatic heterocycles. The number of carbonyl (C=O) groups excluding carboxylic acids is 1. The van der Waals surface area contributed by atoms with Crippen molar-refractivity contribution in [2.75, 3.05) is 12.3 Å². The lowest BCUT2D eigenvalue weighted by atomic mass is 9.83. The fraction of sp³-hybridized carbons (Fsp3) is 0.833. The van der Waals surface area contributed by atoms with E-state index in [-0.39, 0.29) is 29.7 Å². The molecule has 1 rings (SSSR count). The number of hydrogen-bond donors (Lipinski definition) is 2. The summed E-state index contributed by atoms with van der Waals surface area (Å²) in [4.78, 5) is 24.6. The van der Waals surface area contributed by atoms with Gasteiger partial charge in [-0.3, -0.25) is 9.59 Å². The molecule has 1 aliphatic rings. The Kier molecular flexibility index (Phi) is 4.47. The van der Waals surface area contributed by atoms with Gasteiger partial charge in [-0.1, -0.05) is 20.8 Å². The zero-order valence-electron chi connectivity index (χ0n) is 10.6. The molecule has 1 fully saturated rings. The summed E-state index contributed by atoms with van der Waals surface area (Å²) in [5.74, 6) is 0.133. The predicted octanol–water partition coefficient (Wildman–Crippen LogP) is 1.65. The number of rotatable bonds is 4. The van der Waals surface area contributed by atoms with Crippen molar-refractivity contribution < 1.29 is 14.7 Å². The van der Waals surface area contributed by atoms with Gasteiger partial charge in [-0.25, -0.2) is 0 Å². The van der Waals surface area contributed by atoms with Crippen LogP contribution in [0.2, 0.25) is 0 Å². The highest BCUT2D eigenvalue weighted by Gasteiger charge is 2.39. The third kappa shape index (κ3) is 3.63. The summed E-state index contributed by atoms with van der Waals surface area (Å²) in [7, 11) is 0. The zero-order valence-corrected chi connectivity index (χ0v) is 11.5. The van der Waals surface area contributed by atoms with E-state index in [2.05, 4.69) is 12.6 Å². The van der Waals surface area contributed by atoms with Gasteiger partial charge in [-0.2, -0.15) is 12.6 Å². The van der Waals surface area contributed by atoms with E-state index in [1.54, 1.807) is 4.90 Å². The molecular formula is C12H21NO3S. The van der Waals surface area contributed by atoms with Crippen LogP contribution in [0.4, 0.5) is 0 Å². The molecule has 1 saturated heterocycles. The summed E-state index contributed by atoms with van der Waals surface area (Å²) in [6, 6.07) is -0.239. The molecule has 0 spiro atoms. The highest BCUT2D eigenvalue weighted by Crippen LogP contribution is 2.32. The first-order valence-corrected chi connectivity index (χ1v) is 6.51. The van der Waals surface area contributed by atoms with E-state index in [1.165, 1.54) is 0 Å². The van der Waals surface area contributed by atoms with Crippen LogP contribution in [-0.2, 0) is 9.59 Å². The van der Waals surface area contributed by atoms with Crippen molar-refractivity contribution in [1.29, 1.82) is 0 Å². The van der Waals surface area contributed by atoms with Gasteiger partial charge in [0.15, 0.2) is 0 Å². The largest absolute Gasteiger partial charge is 0.481 e. The van der Waals surface area contributed by atoms with Gasteiger partial charge >= 0.3 is 5.97 Å². The number of carboxylic acids is 1. The maximum absolute atomic E-state index is 11.9. The maximum Gasteiger partial charge on any atom is 0.305 e. The van der Waals surface area contributed by atoms with E-state index in [1.807, 2.05) is 20.8 Å². The molecule has 1 N–H and O–H groups in total. The fourth-order valence-electron chi connectivity index (χ4n) is 2.28. The summed E-state index contributed by atoms with van der Waals surface area (Å²) < 4.78 is 0. The highest BCUT2D eigenvalue weighted by atomic mass is 32.1. The Hall–Kier alpha value is -0.710. The van der Waals surface area contributed by atoms with E-state index in [0.717, 1.165) is 0 Å². The van der Waals surface area contributed by atoms with Crippen molar-refractivity contribution in [3.8, 4) is 0 Å². The highest BCUT2D eigenvalue weighted by molar-refractivity contribution is 7.80. The minimum atomic E-state index is -0.855. The zero-order chi connectivity index (χ0) is 13.2. The monoisotopic (exact) mass is 259 g/mol. The van der Waals surface area contributed by atoms with Crippen molar-refractivity contribution in [3.05, 3.63) is 0 Å². The molecule has 1 aliphatic heterocycles. The Morgan fingerprint density at radius 1 is 1.59 bits per heavy atom. The Bertz CT molecular complexity index is 311. The Morgan fingerprint density at radius 3 is 2.53 bits per heavy atom. The Morgan fingerprint density at radius 2 is 2.18 bits per heavy atom. The molecule has 0 aromatic rings. The first kappa shape index (κ1) is 14.4. The van der Waals surface area contributed by atoms with Gasteiger partial charge < -0.3 is 10.0 Å². The molecular weight excluding hydrogens is 238 g/mol. The number of nitrogens with zero attached hydrogens (tertiary/aromatic N) is 1. The van der Waals surface area contributed by atoms with Gasteiger partial charge in [0.1, 0.15) is 0 Å². The second kappa shape index (κ2) is 5.29. The average molecular weight is 259 g/mol. The number of likely N-dealkylation sites (tertiary alicyclic amines) is 1. The van der Waals surface area contributed by atoms with Crippen LogP contribution in [0.25, 0.3) is 0 Å². The topological polar surface area (TPSA) is 57.6 Å². The summed E-state index contributed by atoms with van der Waals surface area (Å²) in [5.41, 5.74) is -0.223. The van der Waals surface area contributed by atoms with Crippen LogP contribution < -0.4 is 0 Å². The first-order chi connectivity index (χ1) is 7.75. The van der Waals surface area contributed by atoms with Gasteiger partial charge in [-0.05, 0) is 17.1 Å². The number of carboxylic acid groups (broad SMARTS) is 1. The molecule has 4 nitrogen and oxygen atoms in total. The third-order valence-corrected chi connectivity index (χ3v) is 3.76. The quantitative estimate of drug-likeness (QED) is 0.755. The lowest BCUT2D eigenvalue weighted by Gasteiger charge is -2.37. The SMILES string of the molecule is CC(C)(C)C(CC(=O)O)N1CC(CS)CC1=O. The summed E-state index contributed by atoms with van der Waals surface area (Å²) in [5, 5.41) is 8.96. The van der Waals surface area contributed by atoms with Crippen molar-refractivity contribution in [2.24, 2.45) is 11.3 Å². The van der Waals surface area contributed by atoms with Crippen LogP contribution >= 0.6 is 12.6 Å². The molecule has 0 radical (unpaired) electrons. The van der Waals surface area contributed by atoms with Gasteiger partial charge in [0.2, 0.25) is 5.91 Å². The second-order valence-corrected chi connectivity index (χ2v) is 6.14. The van der Waals surface area contributed by atoms with Crippen LogP contribution in [0.5, 0.6) is 0 Å². The van der Waals surface area contributed by atoms with Crippen LogP contribution in [0.3, 0.4) is 0 Å². The number of carbonyl (C=O) groups is 2. The minimum absolute atomic E-state index is 0.00846. The molecule has 0 aliphatic carbocycles. The molecule has 17 heavy (non-hydrogen) atoms. The fourth-order valence-corrected chi connectivity index (χ4v) is 2.53. The van der Waals surface area contributed by atoms with Crippen molar-refractivity contribution in [3.63, 3.8) is 0 Å². The van der Waals surface area contributed by atoms with E-state index in [4.69, 9.17) is 5.11 Å². The Labute approximate surface area is 108 Å². The van der Waals surface area contributed by atoms with Gasteiger partial charge in [-0.15, -0.1) is 0 Å². The number of hydrogen-bond acceptors (Lipinski definition) is 3. The first-order valence-electron chi connectivity index (χ1n) is 5.87. The average Bonchev–Trinajstić information content (AvgIpc) is 2.54. The van der Waals surface area contributed by atoms with Crippen molar-refractivity contribution in [1.82, 2.24) is 4.90 Å². The molecule has 1 amide bonds. The number of thiol groups is 1. The van der Waals surface area contributed by atoms with Crippen LogP contribution in [-0.4, -0.2) is 40.2 Å². The molecule has 98 valence electrons. The number of amides is 1. The molecule has 0 bridgehead atoms. The van der Waals surface area contributed by atoms with E-state index in [0.29, 0.717) is 18.7 Å². The second-order valence-electron chi connectivity index (χ2n) is 5.78. The van der Waals surface area contributed by atoms with Crippen molar-refractivity contribution >= 4 is 24.5 Å². The van der Waals surface area contributed by atoms with Crippen LogP contribution in [0.1, 0.15) is 33.6 Å². The molecule has 2 unspecified atom stereocenters. The Balaban J connectivity index is 2.84. The van der Waals surface area contributed by atoms with Gasteiger partial charge in [0.25, 0.3) is 0 Å². The van der Waals surface area contributed by atoms with Crippen LogP contribution in [0, 0.1) is 11.3 Å². The summed E-state index contributed by atoms with van der Waals surface area (Å²) >= 11 is 4.21. The molecule has 5 heteroatoms. The maximum atomic E-state index is 11.9. The molecule has 0 saturated carbocycles. The lowest BCUT2D eigenvalue weighted by molar-refractivity contribution is -0.141. The molecule has 1 heterocycles. The predicted molar refractivity (Wildman–Crippen MR) is 69.2 cm³/mol.